The molecule has 0 saturated heterocycles. The number of nitrogens with zero attached hydrogens (tertiary/aromatic N) is 1. The Kier molecular flexibility index (Phi) is 5.94. The number of halogens is 1. The van der Waals surface area contributed by atoms with Gasteiger partial charge in [0.05, 0.1) is 16.8 Å². The van der Waals surface area contributed by atoms with E-state index in [1.807, 2.05) is 0 Å². The average Bonchev–Trinajstić information content (AvgIpc) is 3.58. The van der Waals surface area contributed by atoms with Gasteiger partial charge in [0.2, 0.25) is 0 Å². The summed E-state index contributed by atoms with van der Waals surface area (Å²) < 4.78 is 1.06. The monoisotopic (exact) mass is 637 g/mol. The lowest BCUT2D eigenvalue weighted by atomic mass is 9.70. The lowest BCUT2D eigenvalue weighted by molar-refractivity contribution is 0.794. The van der Waals surface area contributed by atoms with Crippen LogP contribution in [0.2, 0.25) is 0 Å². The van der Waals surface area contributed by atoms with Gasteiger partial charge in [0.1, 0.15) is 0 Å². The van der Waals surface area contributed by atoms with E-state index in [1.54, 1.807) is 0 Å². The van der Waals surface area contributed by atoms with E-state index in [9.17, 15) is 0 Å². The van der Waals surface area contributed by atoms with Crippen LogP contribution in [0.1, 0.15) is 22.3 Å². The van der Waals surface area contributed by atoms with E-state index in [-0.39, 0.29) is 5.41 Å². The van der Waals surface area contributed by atoms with Gasteiger partial charge in [-0.3, -0.25) is 0 Å². The Morgan fingerprint density at radius 3 is 1.53 bits per heavy atom. The van der Waals surface area contributed by atoms with E-state index in [0.29, 0.717) is 0 Å². The maximum Gasteiger partial charge on any atom is 0.0726 e. The number of hydrogen-bond donors (Lipinski definition) is 0. The highest BCUT2D eigenvalue weighted by Crippen LogP contribution is 2.64. The molecule has 1 nitrogen and oxygen atoms in total. The van der Waals surface area contributed by atoms with Crippen LogP contribution in [-0.2, 0) is 5.41 Å². The topological polar surface area (TPSA) is 3.24 Å². The van der Waals surface area contributed by atoms with Gasteiger partial charge >= 0.3 is 0 Å². The van der Waals surface area contributed by atoms with Crippen molar-refractivity contribution in [3.63, 3.8) is 0 Å². The zero-order valence-electron chi connectivity index (χ0n) is 24.5. The number of hydrogen-bond acceptors (Lipinski definition) is 1. The van der Waals surface area contributed by atoms with E-state index in [1.165, 1.54) is 61.3 Å². The summed E-state index contributed by atoms with van der Waals surface area (Å²) >= 11 is 3.68. The van der Waals surface area contributed by atoms with Crippen molar-refractivity contribution in [1.82, 2.24) is 0 Å². The fraction of sp³-hybridized carbons (Fsp3) is 0.0233. The van der Waals surface area contributed by atoms with Crippen LogP contribution < -0.4 is 4.90 Å². The summed E-state index contributed by atoms with van der Waals surface area (Å²) in [6, 6.07) is 62.1. The molecule has 0 N–H and O–H groups in total. The molecule has 0 unspecified atom stereocenters. The van der Waals surface area contributed by atoms with Crippen LogP contribution in [0.25, 0.3) is 33.4 Å². The molecule has 0 aromatic heterocycles. The highest BCUT2D eigenvalue weighted by molar-refractivity contribution is 9.10. The molecule has 0 radical (unpaired) electrons. The molecule has 212 valence electrons. The maximum absolute atomic E-state index is 3.68. The minimum Gasteiger partial charge on any atom is -0.309 e. The third kappa shape index (κ3) is 3.73. The summed E-state index contributed by atoms with van der Waals surface area (Å²) in [6.07, 6.45) is 0. The normalized spacial score (nSPS) is 13.2. The number of fused-ring (bicyclic) bond motifs is 10. The molecule has 0 bridgehead atoms. The summed E-state index contributed by atoms with van der Waals surface area (Å²) in [5, 5.41) is 0. The van der Waals surface area contributed by atoms with Crippen molar-refractivity contribution in [2.45, 2.75) is 5.41 Å². The molecule has 2 aliphatic rings. The minimum atomic E-state index is -0.389. The van der Waals surface area contributed by atoms with Gasteiger partial charge in [-0.1, -0.05) is 149 Å². The Morgan fingerprint density at radius 2 is 0.867 bits per heavy atom. The molecule has 0 saturated carbocycles. The van der Waals surface area contributed by atoms with Crippen molar-refractivity contribution < 1.29 is 0 Å². The second-order valence-corrected chi connectivity index (χ2v) is 12.7. The van der Waals surface area contributed by atoms with Crippen molar-refractivity contribution >= 4 is 33.0 Å². The summed E-state index contributed by atoms with van der Waals surface area (Å²) in [5.41, 5.74) is 16.0. The van der Waals surface area contributed by atoms with E-state index < -0.39 is 0 Å². The molecule has 9 rings (SSSR count). The van der Waals surface area contributed by atoms with Gasteiger partial charge in [0.15, 0.2) is 0 Å². The lowest BCUT2D eigenvalue weighted by Crippen LogP contribution is -2.26. The fourth-order valence-electron chi connectivity index (χ4n) is 7.84. The second kappa shape index (κ2) is 10.2. The lowest BCUT2D eigenvalue weighted by Gasteiger charge is -2.32. The Morgan fingerprint density at radius 1 is 0.378 bits per heavy atom. The quantitative estimate of drug-likeness (QED) is 0.185. The van der Waals surface area contributed by atoms with Crippen molar-refractivity contribution in [1.29, 1.82) is 0 Å². The number of para-hydroxylation sites is 1. The zero-order valence-corrected chi connectivity index (χ0v) is 26.1. The number of anilines is 3. The van der Waals surface area contributed by atoms with Crippen LogP contribution in [0.4, 0.5) is 17.1 Å². The number of benzene rings is 7. The van der Waals surface area contributed by atoms with E-state index in [2.05, 4.69) is 191 Å². The van der Waals surface area contributed by atoms with Crippen LogP contribution in [0.3, 0.4) is 0 Å². The third-order valence-electron chi connectivity index (χ3n) is 9.55. The van der Waals surface area contributed by atoms with Gasteiger partial charge in [-0.2, -0.15) is 0 Å². The molecule has 7 aromatic rings. The molecule has 7 aromatic carbocycles. The van der Waals surface area contributed by atoms with Crippen LogP contribution >= 0.6 is 15.9 Å². The van der Waals surface area contributed by atoms with Gasteiger partial charge < -0.3 is 4.90 Å². The summed E-state index contributed by atoms with van der Waals surface area (Å²) in [7, 11) is 0. The minimum absolute atomic E-state index is 0.389. The first-order valence-electron chi connectivity index (χ1n) is 15.4. The van der Waals surface area contributed by atoms with Gasteiger partial charge in [0.25, 0.3) is 0 Å². The van der Waals surface area contributed by atoms with Gasteiger partial charge in [-0.05, 0) is 80.9 Å². The van der Waals surface area contributed by atoms with Gasteiger partial charge in [0, 0.05) is 21.3 Å². The largest absolute Gasteiger partial charge is 0.309 e. The Bertz CT molecular complexity index is 2190. The molecular formula is C43H28BrN. The molecule has 0 amide bonds. The van der Waals surface area contributed by atoms with Crippen LogP contribution in [0, 0.1) is 0 Å². The van der Waals surface area contributed by atoms with E-state index in [0.717, 1.165) is 15.8 Å². The predicted octanol–water partition coefficient (Wildman–Crippen LogP) is 11.9. The maximum atomic E-state index is 3.68. The fourth-order valence-corrected chi connectivity index (χ4v) is 8.10. The molecule has 2 aliphatic carbocycles. The van der Waals surface area contributed by atoms with Crippen molar-refractivity contribution in [3.8, 4) is 33.4 Å². The molecule has 1 spiro atoms. The summed E-state index contributed by atoms with van der Waals surface area (Å²) in [6.45, 7) is 0. The molecule has 0 fully saturated rings. The van der Waals surface area contributed by atoms with Crippen LogP contribution in [0.5, 0.6) is 0 Å². The van der Waals surface area contributed by atoms with Crippen LogP contribution in [-0.4, -0.2) is 0 Å². The predicted molar refractivity (Wildman–Crippen MR) is 191 cm³/mol. The van der Waals surface area contributed by atoms with Crippen molar-refractivity contribution in [2.24, 2.45) is 0 Å². The first kappa shape index (κ1) is 26.2. The third-order valence-corrected chi connectivity index (χ3v) is 10.1. The average molecular weight is 639 g/mol. The molecule has 45 heavy (non-hydrogen) atoms. The molecule has 2 heteroatoms. The first-order valence-corrected chi connectivity index (χ1v) is 16.2. The SMILES string of the molecule is Brc1ccc(N(c2ccccc2-c2ccccc2)c2cccc3c2-c2ccccc2C32c3ccccc3-c3ccccc32)cc1. The van der Waals surface area contributed by atoms with E-state index >= 15 is 0 Å². The van der Waals surface area contributed by atoms with Crippen molar-refractivity contribution in [3.05, 3.63) is 197 Å². The van der Waals surface area contributed by atoms with Crippen LogP contribution in [0.15, 0.2) is 174 Å². The zero-order chi connectivity index (χ0) is 30.0. The standard InChI is InChI=1S/C43H28BrN/c44-30-25-27-31(28-26-30)45(40-23-11-7-15-32(40)29-13-2-1-3-14-29)41-24-12-22-39-42(41)35-18-6-10-21-38(35)43(39)36-19-8-4-16-33(36)34-17-5-9-20-37(34)43/h1-28H. The Balaban J connectivity index is 1.39. The molecule has 0 aliphatic heterocycles. The first-order chi connectivity index (χ1) is 22.3. The summed E-state index contributed by atoms with van der Waals surface area (Å²) in [5.74, 6) is 0. The van der Waals surface area contributed by atoms with E-state index in [4.69, 9.17) is 0 Å². The highest BCUT2D eigenvalue weighted by atomic mass is 79.9. The smallest absolute Gasteiger partial charge is 0.0726 e. The Hall–Kier alpha value is -5.18. The highest BCUT2D eigenvalue weighted by Gasteiger charge is 2.52. The number of rotatable bonds is 4. The Labute approximate surface area is 272 Å². The molecule has 0 atom stereocenters. The van der Waals surface area contributed by atoms with Crippen molar-refractivity contribution in [2.75, 3.05) is 4.90 Å². The molecule has 0 heterocycles. The second-order valence-electron chi connectivity index (χ2n) is 11.8. The summed E-state index contributed by atoms with van der Waals surface area (Å²) in [4.78, 5) is 2.45. The molecular weight excluding hydrogens is 610 g/mol. The van der Waals surface area contributed by atoms with Gasteiger partial charge in [-0.25, -0.2) is 0 Å². The van der Waals surface area contributed by atoms with Gasteiger partial charge in [-0.15, -0.1) is 0 Å².